The molecule has 11 heteroatoms. The highest BCUT2D eigenvalue weighted by Gasteiger charge is 2.19. The molecule has 8 nitrogen and oxygen atoms in total. The van der Waals surface area contributed by atoms with E-state index < -0.39 is 10.0 Å². The summed E-state index contributed by atoms with van der Waals surface area (Å²) in [5.74, 6) is 0.229. The third-order valence-corrected chi connectivity index (χ3v) is 7.25. The lowest BCUT2D eigenvalue weighted by Crippen LogP contribution is -2.32. The van der Waals surface area contributed by atoms with Crippen LogP contribution in [-0.4, -0.2) is 52.5 Å². The number of carbonyl (C=O) groups is 1. The molecule has 0 fully saturated rings. The number of amides is 1. The average Bonchev–Trinajstić information content (AvgIpc) is 3.11. The lowest BCUT2D eigenvalue weighted by atomic mass is 10.2. The Hall–Kier alpha value is -2.30. The molecule has 3 rings (SSSR count). The number of sulfonamides is 1. The van der Waals surface area contributed by atoms with Crippen LogP contribution < -0.4 is 4.72 Å². The Morgan fingerprint density at radius 1 is 1.17 bits per heavy atom. The van der Waals surface area contributed by atoms with Gasteiger partial charge in [0.25, 0.3) is 10.0 Å². The smallest absolute Gasteiger partial charge is 0.262 e. The molecule has 1 heterocycles. The van der Waals surface area contributed by atoms with Crippen molar-refractivity contribution in [2.24, 2.45) is 0 Å². The first-order chi connectivity index (χ1) is 14.2. The molecule has 0 aliphatic heterocycles. The molecule has 0 unspecified atom stereocenters. The summed E-state index contributed by atoms with van der Waals surface area (Å²) in [6, 6.07) is 9.63. The summed E-state index contributed by atoms with van der Waals surface area (Å²) >= 11 is 7.23. The number of rotatable bonds is 8. The summed E-state index contributed by atoms with van der Waals surface area (Å²) in [6.07, 6.45) is 0. The molecule has 2 aromatic carbocycles. The van der Waals surface area contributed by atoms with Gasteiger partial charge in [0.2, 0.25) is 5.91 Å². The predicted octanol–water partition coefficient (Wildman–Crippen LogP) is 3.56. The largest absolute Gasteiger partial charge is 0.342 e. The molecular weight excluding hydrogens is 446 g/mol. The van der Waals surface area contributed by atoms with Crippen LogP contribution in [0.1, 0.15) is 19.4 Å². The molecule has 3 aromatic rings. The number of nitrogens with one attached hydrogen (secondary N) is 1. The zero-order valence-electron chi connectivity index (χ0n) is 16.8. The Labute approximate surface area is 184 Å². The molecule has 1 amide bonds. The van der Waals surface area contributed by atoms with Gasteiger partial charge in [-0.3, -0.25) is 9.52 Å². The summed E-state index contributed by atoms with van der Waals surface area (Å²) in [5.41, 5.74) is 1.95. The monoisotopic (exact) mass is 467 g/mol. The minimum absolute atomic E-state index is 0.0108. The van der Waals surface area contributed by atoms with E-state index in [1.165, 1.54) is 22.2 Å². The Morgan fingerprint density at radius 3 is 2.57 bits per heavy atom. The quantitative estimate of drug-likeness (QED) is 0.544. The fourth-order valence-electron chi connectivity index (χ4n) is 2.89. The second kappa shape index (κ2) is 9.23. The molecule has 160 valence electrons. The van der Waals surface area contributed by atoms with Gasteiger partial charge in [-0.2, -0.15) is 0 Å². The number of hydrogen-bond donors (Lipinski definition) is 1. The van der Waals surface area contributed by atoms with Crippen molar-refractivity contribution < 1.29 is 13.2 Å². The lowest BCUT2D eigenvalue weighted by Gasteiger charge is -2.17. The fraction of sp³-hybridized carbons (Fsp3) is 0.316. The van der Waals surface area contributed by atoms with Crippen molar-refractivity contribution in [2.75, 3.05) is 23.6 Å². The van der Waals surface area contributed by atoms with Crippen LogP contribution in [0.4, 0.5) is 5.69 Å². The minimum Gasteiger partial charge on any atom is -0.342 e. The van der Waals surface area contributed by atoms with Crippen molar-refractivity contribution in [3.05, 3.63) is 47.0 Å². The molecule has 1 aromatic heterocycles. The number of hydrogen-bond acceptors (Lipinski definition) is 6. The van der Waals surface area contributed by atoms with Crippen LogP contribution in [0.2, 0.25) is 5.02 Å². The van der Waals surface area contributed by atoms with E-state index in [1.807, 2.05) is 13.8 Å². The van der Waals surface area contributed by atoms with Gasteiger partial charge in [-0.25, -0.2) is 8.42 Å². The predicted molar refractivity (Wildman–Crippen MR) is 120 cm³/mol. The number of anilines is 1. The summed E-state index contributed by atoms with van der Waals surface area (Å²) in [6.45, 7) is 6.82. The molecule has 0 aliphatic rings. The molecule has 1 N–H and O–H groups in total. The van der Waals surface area contributed by atoms with E-state index >= 15 is 0 Å². The number of halogens is 1. The van der Waals surface area contributed by atoms with E-state index in [0.29, 0.717) is 40.4 Å². The van der Waals surface area contributed by atoms with Gasteiger partial charge in [-0.05, 0) is 56.7 Å². The van der Waals surface area contributed by atoms with Crippen LogP contribution in [-0.2, 0) is 14.8 Å². The maximum atomic E-state index is 12.8. The second-order valence-corrected chi connectivity index (χ2v) is 9.40. The van der Waals surface area contributed by atoms with Crippen LogP contribution >= 0.6 is 23.5 Å². The highest BCUT2D eigenvalue weighted by Crippen LogP contribution is 2.26. The highest BCUT2D eigenvalue weighted by molar-refractivity contribution is 7.98. The number of benzene rings is 2. The zero-order chi connectivity index (χ0) is 21.9. The SMILES string of the molecule is CCN(CC)C(=O)CSn1nc2ccc(NS(=O)(=O)c3cccc(Cl)c3C)cc2n1. The van der Waals surface area contributed by atoms with Crippen molar-refractivity contribution in [1.29, 1.82) is 0 Å². The lowest BCUT2D eigenvalue weighted by molar-refractivity contribution is -0.127. The number of fused-ring (bicyclic) bond motifs is 1. The molecule has 0 saturated carbocycles. The second-order valence-electron chi connectivity index (χ2n) is 6.46. The van der Waals surface area contributed by atoms with E-state index in [0.717, 1.165) is 0 Å². The van der Waals surface area contributed by atoms with Gasteiger partial charge >= 0.3 is 0 Å². The normalized spacial score (nSPS) is 11.6. The number of carbonyl (C=O) groups excluding carboxylic acids is 1. The number of aromatic nitrogens is 3. The molecule has 0 atom stereocenters. The van der Waals surface area contributed by atoms with E-state index in [4.69, 9.17) is 11.6 Å². The molecule has 0 spiro atoms. The topological polar surface area (TPSA) is 97.2 Å². The van der Waals surface area contributed by atoms with Gasteiger partial charge in [-0.15, -0.1) is 14.4 Å². The van der Waals surface area contributed by atoms with E-state index in [9.17, 15) is 13.2 Å². The number of nitrogens with zero attached hydrogens (tertiary/aromatic N) is 4. The summed E-state index contributed by atoms with van der Waals surface area (Å²) < 4.78 is 29.4. The van der Waals surface area contributed by atoms with Gasteiger partial charge in [0.05, 0.1) is 16.3 Å². The van der Waals surface area contributed by atoms with E-state index in [2.05, 4.69) is 14.9 Å². The van der Waals surface area contributed by atoms with Crippen molar-refractivity contribution in [3.63, 3.8) is 0 Å². The summed E-state index contributed by atoms with van der Waals surface area (Å²) in [7, 11) is -3.81. The van der Waals surface area contributed by atoms with Gasteiger partial charge in [-0.1, -0.05) is 17.7 Å². The molecule has 0 bridgehead atoms. The zero-order valence-corrected chi connectivity index (χ0v) is 19.2. The maximum absolute atomic E-state index is 12.8. The van der Waals surface area contributed by atoms with Gasteiger partial charge in [0.15, 0.2) is 0 Å². The van der Waals surface area contributed by atoms with Gasteiger partial charge in [0.1, 0.15) is 11.0 Å². The van der Waals surface area contributed by atoms with Crippen molar-refractivity contribution >= 4 is 56.2 Å². The van der Waals surface area contributed by atoms with E-state index in [1.54, 1.807) is 42.2 Å². The van der Waals surface area contributed by atoms with Crippen molar-refractivity contribution in [3.8, 4) is 0 Å². The Kier molecular flexibility index (Phi) is 6.89. The summed E-state index contributed by atoms with van der Waals surface area (Å²) in [4.78, 5) is 14.0. The van der Waals surface area contributed by atoms with Crippen LogP contribution in [0.25, 0.3) is 11.0 Å². The van der Waals surface area contributed by atoms with Crippen LogP contribution in [0.15, 0.2) is 41.3 Å². The average molecular weight is 468 g/mol. The first kappa shape index (κ1) is 22.4. The first-order valence-electron chi connectivity index (χ1n) is 9.31. The van der Waals surface area contributed by atoms with Crippen LogP contribution in [0.5, 0.6) is 0 Å². The highest BCUT2D eigenvalue weighted by atomic mass is 35.5. The minimum atomic E-state index is -3.81. The molecule has 30 heavy (non-hydrogen) atoms. The van der Waals surface area contributed by atoms with Crippen molar-refractivity contribution in [1.82, 2.24) is 19.3 Å². The van der Waals surface area contributed by atoms with Gasteiger partial charge < -0.3 is 4.90 Å². The molecular formula is C19H22ClN5O3S2. The van der Waals surface area contributed by atoms with Crippen LogP contribution in [0.3, 0.4) is 0 Å². The Morgan fingerprint density at radius 2 is 1.87 bits per heavy atom. The maximum Gasteiger partial charge on any atom is 0.262 e. The molecule has 0 radical (unpaired) electrons. The van der Waals surface area contributed by atoms with E-state index in [-0.39, 0.29) is 16.6 Å². The fourth-order valence-corrected chi connectivity index (χ4v) is 5.13. The third-order valence-electron chi connectivity index (χ3n) is 4.54. The third kappa shape index (κ3) is 4.88. The molecule has 0 saturated heterocycles. The standard InChI is InChI=1S/C19H22ClN5O3S2/c1-4-24(5-2)19(26)12-29-25-21-16-10-9-14(11-17(16)22-25)23-30(27,28)18-8-6-7-15(20)13(18)3/h6-11,23H,4-5,12H2,1-3H3. The van der Waals surface area contributed by atoms with Gasteiger partial charge in [0, 0.05) is 30.1 Å². The first-order valence-corrected chi connectivity index (χ1v) is 12.1. The van der Waals surface area contributed by atoms with Crippen molar-refractivity contribution in [2.45, 2.75) is 25.7 Å². The Balaban J connectivity index is 1.77. The Bertz CT molecular complexity index is 1180. The van der Waals surface area contributed by atoms with Crippen LogP contribution in [0, 0.1) is 6.92 Å². The summed E-state index contributed by atoms with van der Waals surface area (Å²) in [5, 5.41) is 9.03. The molecule has 0 aliphatic carbocycles.